The fraction of sp³-hybridized carbons (Fsp3) is 0.500. The summed E-state index contributed by atoms with van der Waals surface area (Å²) in [6.45, 7) is 3.22. The van der Waals surface area contributed by atoms with Crippen molar-refractivity contribution in [2.45, 2.75) is 32.9 Å². The number of carbonyl (C=O) groups excluding carboxylic acids is 1. The standard InChI is InChI=1S/C14H19N3O3/c1-3-4-7-20-10-17-8-11(5-6-18)12-13(17)14(19-2)16-9-15-12/h6,8-9H,3-5,7,10H2,1-2H3. The number of hydrogen-bond acceptors (Lipinski definition) is 5. The summed E-state index contributed by atoms with van der Waals surface area (Å²) in [4.78, 5) is 19.1. The molecule has 0 saturated heterocycles. The van der Waals surface area contributed by atoms with Crippen molar-refractivity contribution in [2.75, 3.05) is 13.7 Å². The van der Waals surface area contributed by atoms with Gasteiger partial charge in [-0.05, 0) is 6.42 Å². The van der Waals surface area contributed by atoms with Crippen molar-refractivity contribution in [3.05, 3.63) is 18.1 Å². The van der Waals surface area contributed by atoms with Crippen molar-refractivity contribution in [3.63, 3.8) is 0 Å². The highest BCUT2D eigenvalue weighted by atomic mass is 16.5. The number of ether oxygens (including phenoxy) is 2. The van der Waals surface area contributed by atoms with E-state index < -0.39 is 0 Å². The first-order valence-corrected chi connectivity index (χ1v) is 6.69. The number of rotatable bonds is 8. The Morgan fingerprint density at radius 2 is 2.25 bits per heavy atom. The van der Waals surface area contributed by atoms with E-state index in [2.05, 4.69) is 16.9 Å². The maximum atomic E-state index is 10.8. The van der Waals surface area contributed by atoms with Gasteiger partial charge >= 0.3 is 0 Å². The number of aromatic nitrogens is 3. The van der Waals surface area contributed by atoms with Gasteiger partial charge in [0.2, 0.25) is 5.88 Å². The topological polar surface area (TPSA) is 66.2 Å². The van der Waals surface area contributed by atoms with E-state index in [-0.39, 0.29) is 0 Å². The normalized spacial score (nSPS) is 10.9. The van der Waals surface area contributed by atoms with Crippen LogP contribution >= 0.6 is 0 Å². The fourth-order valence-corrected chi connectivity index (χ4v) is 2.07. The lowest BCUT2D eigenvalue weighted by atomic mass is 10.2. The minimum absolute atomic E-state index is 0.318. The van der Waals surface area contributed by atoms with Gasteiger partial charge in [0.1, 0.15) is 24.9 Å². The molecule has 0 fully saturated rings. The van der Waals surface area contributed by atoms with Crippen molar-refractivity contribution in [1.29, 1.82) is 0 Å². The molecule has 0 spiro atoms. The lowest BCUT2D eigenvalue weighted by Gasteiger charge is -2.08. The Hall–Kier alpha value is -1.95. The van der Waals surface area contributed by atoms with Gasteiger partial charge in [0, 0.05) is 24.8 Å². The summed E-state index contributed by atoms with van der Waals surface area (Å²) in [6.07, 6.45) is 6.62. The zero-order chi connectivity index (χ0) is 14.4. The molecule has 108 valence electrons. The number of aldehydes is 1. The number of fused-ring (bicyclic) bond motifs is 1. The summed E-state index contributed by atoms with van der Waals surface area (Å²) >= 11 is 0. The molecule has 0 aliphatic carbocycles. The predicted molar refractivity (Wildman–Crippen MR) is 74.7 cm³/mol. The molecule has 0 bridgehead atoms. The molecule has 2 aromatic rings. The van der Waals surface area contributed by atoms with Gasteiger partial charge < -0.3 is 18.8 Å². The molecule has 0 saturated carbocycles. The first-order chi connectivity index (χ1) is 9.81. The zero-order valence-electron chi connectivity index (χ0n) is 11.8. The molecule has 0 aliphatic rings. The van der Waals surface area contributed by atoms with Crippen molar-refractivity contribution >= 4 is 17.3 Å². The van der Waals surface area contributed by atoms with Gasteiger partial charge in [-0.3, -0.25) is 0 Å². The van der Waals surface area contributed by atoms with E-state index in [1.54, 1.807) is 7.11 Å². The van der Waals surface area contributed by atoms with Gasteiger partial charge in [-0.1, -0.05) is 13.3 Å². The Labute approximate surface area is 117 Å². The van der Waals surface area contributed by atoms with Crippen LogP contribution in [0.5, 0.6) is 5.88 Å². The van der Waals surface area contributed by atoms with Crippen LogP contribution in [0.4, 0.5) is 0 Å². The summed E-state index contributed by atoms with van der Waals surface area (Å²) in [5.41, 5.74) is 2.36. The number of nitrogens with zero attached hydrogens (tertiary/aromatic N) is 3. The Morgan fingerprint density at radius 1 is 1.40 bits per heavy atom. The van der Waals surface area contributed by atoms with E-state index in [1.807, 2.05) is 10.8 Å². The van der Waals surface area contributed by atoms with Crippen LogP contribution in [0.3, 0.4) is 0 Å². The van der Waals surface area contributed by atoms with Gasteiger partial charge in [0.25, 0.3) is 0 Å². The molecule has 20 heavy (non-hydrogen) atoms. The Morgan fingerprint density at radius 3 is 2.95 bits per heavy atom. The van der Waals surface area contributed by atoms with Gasteiger partial charge in [-0.15, -0.1) is 0 Å². The Bertz CT molecular complexity index is 580. The van der Waals surface area contributed by atoms with Crippen molar-refractivity contribution < 1.29 is 14.3 Å². The summed E-state index contributed by atoms with van der Waals surface area (Å²) in [5, 5.41) is 0. The number of carbonyl (C=O) groups is 1. The molecule has 0 unspecified atom stereocenters. The third-order valence-corrected chi connectivity index (χ3v) is 3.06. The maximum absolute atomic E-state index is 10.8. The van der Waals surface area contributed by atoms with Crippen molar-refractivity contribution in [2.24, 2.45) is 0 Å². The maximum Gasteiger partial charge on any atom is 0.241 e. The van der Waals surface area contributed by atoms with Crippen LogP contribution in [0.25, 0.3) is 11.0 Å². The van der Waals surface area contributed by atoms with E-state index in [4.69, 9.17) is 9.47 Å². The quantitative estimate of drug-likeness (QED) is 0.545. The SMILES string of the molecule is CCCCOCn1cc(CC=O)c2ncnc(OC)c21. The predicted octanol–water partition coefficient (Wildman–Crippen LogP) is 1.96. The number of methoxy groups -OCH3 is 1. The largest absolute Gasteiger partial charge is 0.479 e. The van der Waals surface area contributed by atoms with Crippen LogP contribution in [0.2, 0.25) is 0 Å². The monoisotopic (exact) mass is 277 g/mol. The zero-order valence-corrected chi connectivity index (χ0v) is 11.8. The minimum Gasteiger partial charge on any atom is -0.479 e. The van der Waals surface area contributed by atoms with E-state index in [0.29, 0.717) is 25.6 Å². The van der Waals surface area contributed by atoms with E-state index >= 15 is 0 Å². The number of hydrogen-bond donors (Lipinski definition) is 0. The van der Waals surface area contributed by atoms with Crippen LogP contribution in [0.1, 0.15) is 25.3 Å². The molecule has 6 heteroatoms. The third kappa shape index (κ3) is 2.96. The van der Waals surface area contributed by atoms with Crippen LogP contribution in [-0.2, 0) is 22.7 Å². The molecule has 2 heterocycles. The molecule has 0 radical (unpaired) electrons. The van der Waals surface area contributed by atoms with Crippen LogP contribution in [-0.4, -0.2) is 34.5 Å². The average Bonchev–Trinajstić information content (AvgIpc) is 2.82. The lowest BCUT2D eigenvalue weighted by molar-refractivity contribution is -0.107. The molecule has 2 rings (SSSR count). The summed E-state index contributed by atoms with van der Waals surface area (Å²) in [7, 11) is 1.57. The van der Waals surface area contributed by atoms with Gasteiger partial charge in [0.15, 0.2) is 0 Å². The van der Waals surface area contributed by atoms with Crippen LogP contribution in [0, 0.1) is 0 Å². The van der Waals surface area contributed by atoms with Gasteiger partial charge in [-0.25, -0.2) is 4.98 Å². The molecule has 0 atom stereocenters. The minimum atomic E-state index is 0.318. The summed E-state index contributed by atoms with van der Waals surface area (Å²) in [5.74, 6) is 0.492. The summed E-state index contributed by atoms with van der Waals surface area (Å²) in [6, 6.07) is 0. The van der Waals surface area contributed by atoms with Crippen molar-refractivity contribution in [1.82, 2.24) is 14.5 Å². The highest BCUT2D eigenvalue weighted by Gasteiger charge is 2.14. The molecule has 0 N–H and O–H groups in total. The lowest BCUT2D eigenvalue weighted by Crippen LogP contribution is -2.04. The number of unbranched alkanes of at least 4 members (excludes halogenated alkanes) is 1. The van der Waals surface area contributed by atoms with Crippen LogP contribution in [0.15, 0.2) is 12.5 Å². The Kier molecular flexibility index (Phi) is 5.06. The first-order valence-electron chi connectivity index (χ1n) is 6.69. The molecule has 0 amide bonds. The highest BCUT2D eigenvalue weighted by Crippen LogP contribution is 2.26. The molecule has 6 nitrogen and oxygen atoms in total. The fourth-order valence-electron chi connectivity index (χ4n) is 2.07. The highest BCUT2D eigenvalue weighted by molar-refractivity contribution is 5.85. The molecule has 0 aromatic carbocycles. The van der Waals surface area contributed by atoms with Crippen molar-refractivity contribution in [3.8, 4) is 5.88 Å². The van der Waals surface area contributed by atoms with E-state index in [1.165, 1.54) is 6.33 Å². The van der Waals surface area contributed by atoms with E-state index in [9.17, 15) is 4.79 Å². The second kappa shape index (κ2) is 7.00. The van der Waals surface area contributed by atoms with Gasteiger partial charge in [0.05, 0.1) is 12.6 Å². The first kappa shape index (κ1) is 14.5. The molecule has 0 aliphatic heterocycles. The molecule has 2 aromatic heterocycles. The molecular weight excluding hydrogens is 258 g/mol. The van der Waals surface area contributed by atoms with E-state index in [0.717, 1.165) is 35.7 Å². The smallest absolute Gasteiger partial charge is 0.241 e. The Balaban J connectivity index is 2.33. The summed E-state index contributed by atoms with van der Waals surface area (Å²) < 4.78 is 12.8. The van der Waals surface area contributed by atoms with Gasteiger partial charge in [-0.2, -0.15) is 4.98 Å². The van der Waals surface area contributed by atoms with Crippen LogP contribution < -0.4 is 4.74 Å². The second-order valence-corrected chi connectivity index (χ2v) is 4.47. The third-order valence-electron chi connectivity index (χ3n) is 3.06. The average molecular weight is 277 g/mol. The second-order valence-electron chi connectivity index (χ2n) is 4.47. The molecular formula is C14H19N3O3.